The largest absolute Gasteiger partial charge is 0.388 e. The van der Waals surface area contributed by atoms with Gasteiger partial charge in [0.25, 0.3) is 5.91 Å². The number of rotatable bonds is 4. The zero-order valence-corrected chi connectivity index (χ0v) is 11.4. The summed E-state index contributed by atoms with van der Waals surface area (Å²) < 4.78 is 0.914. The van der Waals surface area contributed by atoms with Crippen molar-refractivity contribution in [2.24, 2.45) is 5.92 Å². The van der Waals surface area contributed by atoms with Crippen molar-refractivity contribution in [2.45, 2.75) is 25.4 Å². The van der Waals surface area contributed by atoms with Crippen LogP contribution in [0.1, 0.15) is 29.4 Å². The van der Waals surface area contributed by atoms with Crippen molar-refractivity contribution < 1.29 is 9.90 Å². The molecule has 1 aromatic heterocycles. The molecule has 16 heavy (non-hydrogen) atoms. The summed E-state index contributed by atoms with van der Waals surface area (Å²) in [7, 11) is 0. The third-order valence-electron chi connectivity index (χ3n) is 2.85. The summed E-state index contributed by atoms with van der Waals surface area (Å²) in [4.78, 5) is 12.4. The number of carbonyl (C=O) groups is 1. The molecule has 1 heterocycles. The standard InChI is InChI=1S/C11H14BrNO2S/c1-11(15,7-2-3-7)6-13-10(14)9-4-8(12)5-16-9/h4-5,7,15H,2-3,6H2,1H3,(H,13,14)/t11-/m1/s1. The highest BCUT2D eigenvalue weighted by molar-refractivity contribution is 9.10. The maximum absolute atomic E-state index is 11.7. The highest BCUT2D eigenvalue weighted by atomic mass is 79.9. The normalized spacial score (nSPS) is 19.2. The van der Waals surface area contributed by atoms with E-state index in [1.54, 1.807) is 13.0 Å². The van der Waals surface area contributed by atoms with Gasteiger partial charge in [-0.25, -0.2) is 0 Å². The van der Waals surface area contributed by atoms with Crippen LogP contribution in [0.5, 0.6) is 0 Å². The van der Waals surface area contributed by atoms with Gasteiger partial charge >= 0.3 is 0 Å². The number of amides is 1. The second-order valence-corrected chi connectivity index (χ2v) is 6.27. The van der Waals surface area contributed by atoms with Crippen molar-refractivity contribution >= 4 is 33.2 Å². The Hall–Kier alpha value is -0.390. The Labute approximate surface area is 107 Å². The van der Waals surface area contributed by atoms with Gasteiger partial charge < -0.3 is 10.4 Å². The van der Waals surface area contributed by atoms with E-state index >= 15 is 0 Å². The fourth-order valence-corrected chi connectivity index (χ4v) is 2.97. The number of carbonyl (C=O) groups excluding carboxylic acids is 1. The first-order chi connectivity index (χ1) is 7.49. The van der Waals surface area contributed by atoms with Gasteiger partial charge in [0.05, 0.1) is 10.5 Å². The first kappa shape index (κ1) is 12.1. The van der Waals surface area contributed by atoms with Crippen LogP contribution < -0.4 is 5.32 Å². The van der Waals surface area contributed by atoms with Gasteiger partial charge in [-0.3, -0.25) is 4.79 Å². The molecule has 3 nitrogen and oxygen atoms in total. The van der Waals surface area contributed by atoms with E-state index < -0.39 is 5.60 Å². The second kappa shape index (κ2) is 4.47. The fraction of sp³-hybridized carbons (Fsp3) is 0.545. The number of nitrogens with one attached hydrogen (secondary N) is 1. The summed E-state index contributed by atoms with van der Waals surface area (Å²) in [5.74, 6) is 0.236. The molecule has 1 aliphatic rings. The first-order valence-electron chi connectivity index (χ1n) is 5.23. The number of hydrogen-bond acceptors (Lipinski definition) is 3. The van der Waals surface area contributed by atoms with Crippen LogP contribution in [0.25, 0.3) is 0 Å². The van der Waals surface area contributed by atoms with Crippen LogP contribution in [0.3, 0.4) is 0 Å². The highest BCUT2D eigenvalue weighted by Crippen LogP contribution is 2.39. The Morgan fingerprint density at radius 2 is 2.44 bits per heavy atom. The first-order valence-corrected chi connectivity index (χ1v) is 6.91. The van der Waals surface area contributed by atoms with E-state index in [9.17, 15) is 9.90 Å². The quantitative estimate of drug-likeness (QED) is 0.897. The molecule has 0 unspecified atom stereocenters. The molecule has 2 N–H and O–H groups in total. The Morgan fingerprint density at radius 1 is 1.75 bits per heavy atom. The van der Waals surface area contributed by atoms with Crippen LogP contribution >= 0.6 is 27.3 Å². The molecule has 1 amide bonds. The summed E-state index contributed by atoms with van der Waals surface area (Å²) in [6.45, 7) is 2.11. The van der Waals surface area contributed by atoms with Gasteiger partial charge in [-0.15, -0.1) is 11.3 Å². The summed E-state index contributed by atoms with van der Waals surface area (Å²) in [5, 5.41) is 14.7. The molecule has 1 aromatic rings. The molecular weight excluding hydrogens is 290 g/mol. The van der Waals surface area contributed by atoms with Crippen molar-refractivity contribution in [3.8, 4) is 0 Å². The predicted molar refractivity (Wildman–Crippen MR) is 67.7 cm³/mol. The Kier molecular flexibility index (Phi) is 3.37. The Morgan fingerprint density at radius 3 is 2.94 bits per heavy atom. The smallest absolute Gasteiger partial charge is 0.261 e. The molecule has 0 bridgehead atoms. The monoisotopic (exact) mass is 303 g/mol. The molecular formula is C11H14BrNO2S. The van der Waals surface area contributed by atoms with Gasteiger partial charge in [0.1, 0.15) is 0 Å². The molecule has 88 valence electrons. The lowest BCUT2D eigenvalue weighted by atomic mass is 10.0. The zero-order chi connectivity index (χ0) is 11.8. The van der Waals surface area contributed by atoms with Crippen molar-refractivity contribution in [3.05, 3.63) is 20.8 Å². The van der Waals surface area contributed by atoms with Crippen LogP contribution in [-0.4, -0.2) is 23.2 Å². The zero-order valence-electron chi connectivity index (χ0n) is 9.00. The average Bonchev–Trinajstić information content (AvgIpc) is 2.99. The minimum Gasteiger partial charge on any atom is -0.388 e. The molecule has 1 aliphatic carbocycles. The molecule has 1 fully saturated rings. The van der Waals surface area contributed by atoms with Crippen LogP contribution in [0, 0.1) is 5.92 Å². The SMILES string of the molecule is C[C@@](O)(CNC(=O)c1cc(Br)cs1)C1CC1. The van der Waals surface area contributed by atoms with E-state index in [-0.39, 0.29) is 5.91 Å². The molecule has 1 saturated carbocycles. The van der Waals surface area contributed by atoms with Gasteiger partial charge in [0, 0.05) is 16.4 Å². The summed E-state index contributed by atoms with van der Waals surface area (Å²) in [6.07, 6.45) is 2.13. The summed E-state index contributed by atoms with van der Waals surface area (Å²) in [6, 6.07) is 1.78. The van der Waals surface area contributed by atoms with Crippen molar-refractivity contribution in [2.75, 3.05) is 6.54 Å². The van der Waals surface area contributed by atoms with E-state index in [0.29, 0.717) is 17.3 Å². The van der Waals surface area contributed by atoms with Crippen molar-refractivity contribution in [3.63, 3.8) is 0 Å². The molecule has 1 atom stereocenters. The number of thiophene rings is 1. The lowest BCUT2D eigenvalue weighted by Crippen LogP contribution is -2.42. The van der Waals surface area contributed by atoms with Crippen LogP contribution in [0.15, 0.2) is 15.9 Å². The molecule has 0 spiro atoms. The lowest BCUT2D eigenvalue weighted by Gasteiger charge is -2.22. The van der Waals surface area contributed by atoms with Crippen molar-refractivity contribution in [1.82, 2.24) is 5.32 Å². The average molecular weight is 304 g/mol. The predicted octanol–water partition coefficient (Wildman–Crippen LogP) is 2.40. The van der Waals surface area contributed by atoms with Crippen molar-refractivity contribution in [1.29, 1.82) is 0 Å². The molecule has 0 aromatic carbocycles. The third kappa shape index (κ3) is 2.84. The molecule has 2 rings (SSSR count). The Bertz CT molecular complexity index is 398. The van der Waals surface area contributed by atoms with Crippen LogP contribution in [0.2, 0.25) is 0 Å². The second-order valence-electron chi connectivity index (χ2n) is 4.44. The number of hydrogen-bond donors (Lipinski definition) is 2. The minimum atomic E-state index is -0.760. The minimum absolute atomic E-state index is 0.114. The van der Waals surface area contributed by atoms with Crippen LogP contribution in [-0.2, 0) is 0 Å². The van der Waals surface area contributed by atoms with E-state index in [0.717, 1.165) is 17.3 Å². The van der Waals surface area contributed by atoms with Gasteiger partial charge in [-0.2, -0.15) is 0 Å². The van der Waals surface area contributed by atoms with Crippen LogP contribution in [0.4, 0.5) is 0 Å². The highest BCUT2D eigenvalue weighted by Gasteiger charge is 2.39. The fourth-order valence-electron chi connectivity index (χ4n) is 1.63. The Balaban J connectivity index is 1.88. The molecule has 0 radical (unpaired) electrons. The van der Waals surface area contributed by atoms with Gasteiger partial charge in [0.15, 0.2) is 0 Å². The van der Waals surface area contributed by atoms with E-state index in [1.807, 2.05) is 5.38 Å². The molecule has 0 aliphatic heterocycles. The maximum atomic E-state index is 11.7. The summed E-state index contributed by atoms with van der Waals surface area (Å²) >= 11 is 4.70. The molecule has 0 saturated heterocycles. The number of aliphatic hydroxyl groups is 1. The molecule has 5 heteroatoms. The maximum Gasteiger partial charge on any atom is 0.261 e. The van der Waals surface area contributed by atoms with E-state index in [1.165, 1.54) is 11.3 Å². The topological polar surface area (TPSA) is 49.3 Å². The van der Waals surface area contributed by atoms with E-state index in [2.05, 4.69) is 21.2 Å². The summed E-state index contributed by atoms with van der Waals surface area (Å²) in [5.41, 5.74) is -0.760. The van der Waals surface area contributed by atoms with Gasteiger partial charge in [-0.05, 0) is 47.7 Å². The third-order valence-corrected chi connectivity index (χ3v) is 4.54. The van der Waals surface area contributed by atoms with Gasteiger partial charge in [0.2, 0.25) is 0 Å². The number of halogens is 1. The van der Waals surface area contributed by atoms with Gasteiger partial charge in [-0.1, -0.05) is 0 Å². The van der Waals surface area contributed by atoms with E-state index in [4.69, 9.17) is 0 Å². The lowest BCUT2D eigenvalue weighted by molar-refractivity contribution is 0.0355.